The Hall–Kier alpha value is -2.17. The topological polar surface area (TPSA) is 42.0 Å². The van der Waals surface area contributed by atoms with Crippen LogP contribution in [-0.2, 0) is 17.6 Å². The molecule has 3 nitrogen and oxygen atoms in total. The lowest BCUT2D eigenvalue weighted by atomic mass is 10.2. The number of nitrogens with one attached hydrogen (secondary N) is 1. The van der Waals surface area contributed by atoms with Gasteiger partial charge in [0.05, 0.1) is 17.1 Å². The van der Waals surface area contributed by atoms with E-state index in [-0.39, 0.29) is 12.3 Å². The summed E-state index contributed by atoms with van der Waals surface area (Å²) in [6.45, 7) is 0. The molecule has 0 spiro atoms. The number of anilines is 1. The summed E-state index contributed by atoms with van der Waals surface area (Å²) in [6, 6.07) is 17.3. The normalized spacial score (nSPS) is 10.5. The van der Waals surface area contributed by atoms with Gasteiger partial charge in [-0.2, -0.15) is 0 Å². The second-order valence-electron chi connectivity index (χ2n) is 5.13. The first kappa shape index (κ1) is 15.7. The van der Waals surface area contributed by atoms with Gasteiger partial charge in [-0.15, -0.1) is 11.3 Å². The minimum Gasteiger partial charge on any atom is -0.326 e. The quantitative estimate of drug-likeness (QED) is 0.738. The molecular formula is C18H15ClN2OS. The Morgan fingerprint density at radius 3 is 2.74 bits per heavy atom. The van der Waals surface area contributed by atoms with E-state index >= 15 is 0 Å². The van der Waals surface area contributed by atoms with Gasteiger partial charge in [-0.1, -0.05) is 48.0 Å². The number of aromatic nitrogens is 1. The summed E-state index contributed by atoms with van der Waals surface area (Å²) >= 11 is 7.49. The van der Waals surface area contributed by atoms with E-state index in [1.807, 2.05) is 29.6 Å². The van der Waals surface area contributed by atoms with Crippen LogP contribution < -0.4 is 5.32 Å². The molecule has 1 aromatic heterocycles. The number of halogens is 1. The number of hydrogen-bond donors (Lipinski definition) is 1. The van der Waals surface area contributed by atoms with Gasteiger partial charge in [-0.25, -0.2) is 4.98 Å². The average Bonchev–Trinajstić information content (AvgIpc) is 2.95. The van der Waals surface area contributed by atoms with Gasteiger partial charge in [0.1, 0.15) is 0 Å². The van der Waals surface area contributed by atoms with Gasteiger partial charge in [0.2, 0.25) is 5.91 Å². The summed E-state index contributed by atoms with van der Waals surface area (Å²) < 4.78 is 0. The second kappa shape index (κ2) is 7.40. The molecule has 1 N–H and O–H groups in total. The third kappa shape index (κ3) is 4.65. The fourth-order valence-corrected chi connectivity index (χ4v) is 3.24. The zero-order valence-electron chi connectivity index (χ0n) is 12.3. The van der Waals surface area contributed by atoms with E-state index in [2.05, 4.69) is 22.4 Å². The fraction of sp³-hybridized carbons (Fsp3) is 0.111. The van der Waals surface area contributed by atoms with Crippen molar-refractivity contribution in [3.63, 3.8) is 0 Å². The third-order valence-corrected chi connectivity index (χ3v) is 4.38. The molecule has 5 heteroatoms. The van der Waals surface area contributed by atoms with Crippen LogP contribution in [0.2, 0.25) is 5.02 Å². The van der Waals surface area contributed by atoms with Crippen LogP contribution in [0.15, 0.2) is 60.0 Å². The molecule has 0 unspecified atom stereocenters. The molecule has 116 valence electrons. The molecule has 23 heavy (non-hydrogen) atoms. The minimum atomic E-state index is -0.0937. The largest absolute Gasteiger partial charge is 0.326 e. The van der Waals surface area contributed by atoms with Gasteiger partial charge in [-0.05, 0) is 23.8 Å². The van der Waals surface area contributed by atoms with Crippen LogP contribution in [0.5, 0.6) is 0 Å². The highest BCUT2D eigenvalue weighted by Gasteiger charge is 2.09. The number of benzene rings is 2. The third-order valence-electron chi connectivity index (χ3n) is 3.25. The molecule has 0 atom stereocenters. The molecule has 0 saturated heterocycles. The molecule has 0 aliphatic carbocycles. The van der Waals surface area contributed by atoms with Crippen molar-refractivity contribution in [2.75, 3.05) is 5.32 Å². The van der Waals surface area contributed by atoms with Crippen molar-refractivity contribution < 1.29 is 4.79 Å². The second-order valence-corrected chi connectivity index (χ2v) is 6.51. The Balaban J connectivity index is 1.59. The monoisotopic (exact) mass is 342 g/mol. The van der Waals surface area contributed by atoms with E-state index in [0.717, 1.165) is 17.1 Å². The van der Waals surface area contributed by atoms with E-state index in [0.29, 0.717) is 10.7 Å². The molecule has 0 aliphatic heterocycles. The highest BCUT2D eigenvalue weighted by atomic mass is 35.5. The maximum atomic E-state index is 12.1. The van der Waals surface area contributed by atoms with Crippen molar-refractivity contribution >= 4 is 34.5 Å². The maximum Gasteiger partial charge on any atom is 0.230 e. The standard InChI is InChI=1S/C18H15ClN2OS/c19-14-7-4-8-15(10-14)20-17(22)11-16-12-23-18(21-16)9-13-5-2-1-3-6-13/h1-8,10,12H,9,11H2,(H,20,22). The van der Waals surface area contributed by atoms with E-state index in [9.17, 15) is 4.79 Å². The van der Waals surface area contributed by atoms with Crippen LogP contribution in [0, 0.1) is 0 Å². The number of hydrogen-bond acceptors (Lipinski definition) is 3. The Bertz CT molecular complexity index is 802. The van der Waals surface area contributed by atoms with Crippen molar-refractivity contribution in [1.29, 1.82) is 0 Å². The average molecular weight is 343 g/mol. The summed E-state index contributed by atoms with van der Waals surface area (Å²) in [5.74, 6) is -0.0937. The smallest absolute Gasteiger partial charge is 0.230 e. The molecule has 0 bridgehead atoms. The van der Waals surface area contributed by atoms with E-state index < -0.39 is 0 Å². The summed E-state index contributed by atoms with van der Waals surface area (Å²) in [4.78, 5) is 16.6. The lowest BCUT2D eigenvalue weighted by molar-refractivity contribution is -0.115. The van der Waals surface area contributed by atoms with E-state index in [1.54, 1.807) is 29.5 Å². The summed E-state index contributed by atoms with van der Waals surface area (Å²) in [5, 5.41) is 6.39. The molecular weight excluding hydrogens is 328 g/mol. The molecule has 0 saturated carbocycles. The van der Waals surface area contributed by atoms with Crippen molar-refractivity contribution in [2.24, 2.45) is 0 Å². The molecule has 0 aliphatic rings. The van der Waals surface area contributed by atoms with E-state index in [1.165, 1.54) is 5.56 Å². The number of nitrogens with zero attached hydrogens (tertiary/aromatic N) is 1. The van der Waals surface area contributed by atoms with Gasteiger partial charge in [0, 0.05) is 22.5 Å². The van der Waals surface area contributed by atoms with Gasteiger partial charge in [0.15, 0.2) is 0 Å². The highest BCUT2D eigenvalue weighted by Crippen LogP contribution is 2.17. The van der Waals surface area contributed by atoms with Gasteiger partial charge in [0.25, 0.3) is 0 Å². The molecule has 0 fully saturated rings. The van der Waals surface area contributed by atoms with Crippen LogP contribution >= 0.6 is 22.9 Å². The Kier molecular flexibility index (Phi) is 5.05. The zero-order valence-corrected chi connectivity index (χ0v) is 13.9. The van der Waals surface area contributed by atoms with Crippen molar-refractivity contribution in [3.8, 4) is 0 Å². The summed E-state index contributed by atoms with van der Waals surface area (Å²) in [7, 11) is 0. The fourth-order valence-electron chi connectivity index (χ4n) is 2.22. The SMILES string of the molecule is O=C(Cc1csc(Cc2ccccc2)n1)Nc1cccc(Cl)c1. The van der Waals surface area contributed by atoms with Crippen molar-refractivity contribution in [3.05, 3.63) is 81.3 Å². The number of amides is 1. The first-order chi connectivity index (χ1) is 11.2. The van der Waals surface area contributed by atoms with Gasteiger partial charge in [-0.3, -0.25) is 4.79 Å². The Morgan fingerprint density at radius 2 is 1.96 bits per heavy atom. The van der Waals surface area contributed by atoms with Crippen LogP contribution in [0.25, 0.3) is 0 Å². The molecule has 1 heterocycles. The molecule has 3 rings (SSSR count). The van der Waals surface area contributed by atoms with Crippen molar-refractivity contribution in [2.45, 2.75) is 12.8 Å². The van der Waals surface area contributed by atoms with Crippen molar-refractivity contribution in [1.82, 2.24) is 4.98 Å². The first-order valence-electron chi connectivity index (χ1n) is 7.22. The molecule has 3 aromatic rings. The summed E-state index contributed by atoms with van der Waals surface area (Å²) in [6.07, 6.45) is 1.05. The van der Waals surface area contributed by atoms with E-state index in [4.69, 9.17) is 11.6 Å². The van der Waals surface area contributed by atoms with Gasteiger partial charge < -0.3 is 5.32 Å². The zero-order chi connectivity index (χ0) is 16.1. The Morgan fingerprint density at radius 1 is 1.13 bits per heavy atom. The number of carbonyl (C=O) groups is 1. The van der Waals surface area contributed by atoms with Crippen LogP contribution in [0.4, 0.5) is 5.69 Å². The predicted molar refractivity (Wildman–Crippen MR) is 95.1 cm³/mol. The first-order valence-corrected chi connectivity index (χ1v) is 8.47. The minimum absolute atomic E-state index is 0.0937. The lowest BCUT2D eigenvalue weighted by Crippen LogP contribution is -2.14. The summed E-state index contributed by atoms with van der Waals surface area (Å²) in [5.41, 5.74) is 2.71. The number of rotatable bonds is 5. The molecule has 0 radical (unpaired) electrons. The van der Waals surface area contributed by atoms with Crippen LogP contribution in [0.1, 0.15) is 16.3 Å². The maximum absolute atomic E-state index is 12.1. The number of thiazole rings is 1. The molecule has 1 amide bonds. The molecule has 2 aromatic carbocycles. The number of carbonyl (C=O) groups excluding carboxylic acids is 1. The van der Waals surface area contributed by atoms with Gasteiger partial charge >= 0.3 is 0 Å². The van der Waals surface area contributed by atoms with Crippen LogP contribution in [0.3, 0.4) is 0 Å². The van der Waals surface area contributed by atoms with Crippen LogP contribution in [-0.4, -0.2) is 10.9 Å². The highest BCUT2D eigenvalue weighted by molar-refractivity contribution is 7.09. The lowest BCUT2D eigenvalue weighted by Gasteiger charge is -2.04. The predicted octanol–water partition coefficient (Wildman–Crippen LogP) is 4.57. The Labute approximate surface area is 144 Å².